The van der Waals surface area contributed by atoms with Gasteiger partial charge in [0.2, 0.25) is 0 Å². The second-order valence-corrected chi connectivity index (χ2v) is 12.3. The van der Waals surface area contributed by atoms with Crippen LogP contribution in [0.15, 0.2) is 0 Å². The summed E-state index contributed by atoms with van der Waals surface area (Å²) in [6.45, 7) is 17.4. The predicted molar refractivity (Wildman–Crippen MR) is 90.5 cm³/mol. The monoisotopic (exact) mass is 317 g/mol. The molecule has 0 aromatic heterocycles. The third-order valence-corrected chi connectivity index (χ3v) is 9.38. The maximum absolute atomic E-state index is 12.4. The molecule has 0 spiro atoms. The number of hydroxylamine groups is 2. The van der Waals surface area contributed by atoms with Crippen LogP contribution in [0.3, 0.4) is 0 Å². The van der Waals surface area contributed by atoms with Crippen molar-refractivity contribution >= 4 is 14.2 Å². The van der Waals surface area contributed by atoms with E-state index in [4.69, 9.17) is 9.26 Å². The standard InChI is InChI=1S/C16H35NO3Si/c1-11-12(2)14(13(3)15(18)17(7)19-8)20-21(9,10)16(4,5)6/h12-14H,11H2,1-10H3/t12-,13-,14+/m0/s1. The Morgan fingerprint density at radius 1 is 1.24 bits per heavy atom. The Morgan fingerprint density at radius 3 is 2.05 bits per heavy atom. The molecule has 1 amide bonds. The van der Waals surface area contributed by atoms with Crippen LogP contribution in [-0.2, 0) is 14.1 Å². The lowest BCUT2D eigenvalue weighted by Crippen LogP contribution is -2.50. The lowest BCUT2D eigenvalue weighted by atomic mass is 9.91. The minimum Gasteiger partial charge on any atom is -0.413 e. The van der Waals surface area contributed by atoms with Crippen LogP contribution in [0.2, 0.25) is 18.1 Å². The van der Waals surface area contributed by atoms with Crippen molar-refractivity contribution < 1.29 is 14.1 Å². The predicted octanol–water partition coefficient (Wildman–Crippen LogP) is 4.08. The Kier molecular flexibility index (Phi) is 7.60. The van der Waals surface area contributed by atoms with Crippen molar-refractivity contribution in [1.82, 2.24) is 5.06 Å². The molecule has 0 saturated heterocycles. The number of hydrogen-bond acceptors (Lipinski definition) is 3. The Labute approximate surface area is 132 Å². The molecule has 0 heterocycles. The van der Waals surface area contributed by atoms with Crippen molar-refractivity contribution in [3.63, 3.8) is 0 Å². The fraction of sp³-hybridized carbons (Fsp3) is 0.938. The summed E-state index contributed by atoms with van der Waals surface area (Å²) in [6.07, 6.45) is 0.925. The normalized spacial score (nSPS) is 17.2. The molecule has 0 rings (SSSR count). The van der Waals surface area contributed by atoms with E-state index in [1.165, 1.54) is 12.2 Å². The second kappa shape index (κ2) is 7.74. The van der Waals surface area contributed by atoms with E-state index >= 15 is 0 Å². The highest BCUT2D eigenvalue weighted by Crippen LogP contribution is 2.39. The molecule has 0 saturated carbocycles. The van der Waals surface area contributed by atoms with E-state index in [1.807, 2.05) is 6.92 Å². The molecule has 3 atom stereocenters. The van der Waals surface area contributed by atoms with E-state index in [0.29, 0.717) is 5.92 Å². The Hall–Kier alpha value is -0.393. The van der Waals surface area contributed by atoms with Crippen LogP contribution < -0.4 is 0 Å². The van der Waals surface area contributed by atoms with Crippen molar-refractivity contribution in [3.05, 3.63) is 0 Å². The quantitative estimate of drug-likeness (QED) is 0.524. The number of amides is 1. The maximum atomic E-state index is 12.4. The first-order chi connectivity index (χ1) is 9.39. The van der Waals surface area contributed by atoms with Crippen molar-refractivity contribution in [2.24, 2.45) is 11.8 Å². The summed E-state index contributed by atoms with van der Waals surface area (Å²) in [4.78, 5) is 17.4. The molecule has 0 aliphatic heterocycles. The average Bonchev–Trinajstić information content (AvgIpc) is 2.40. The van der Waals surface area contributed by atoms with Crippen LogP contribution >= 0.6 is 0 Å². The highest BCUT2D eigenvalue weighted by atomic mass is 28.4. The maximum Gasteiger partial charge on any atom is 0.251 e. The minimum atomic E-state index is -1.91. The molecular formula is C16H35NO3Si. The molecule has 0 unspecified atom stereocenters. The SMILES string of the molecule is CC[C@H](C)[C@@H](O[Si](C)(C)C(C)(C)C)[C@H](C)C(=O)N(C)OC. The summed E-state index contributed by atoms with van der Waals surface area (Å²) < 4.78 is 6.57. The van der Waals surface area contributed by atoms with Gasteiger partial charge in [0.05, 0.1) is 19.1 Å². The summed E-state index contributed by atoms with van der Waals surface area (Å²) in [5, 5.41) is 1.43. The molecular weight excluding hydrogens is 282 g/mol. The fourth-order valence-corrected chi connectivity index (χ4v) is 3.45. The molecule has 0 N–H and O–H groups in total. The zero-order valence-corrected chi connectivity index (χ0v) is 16.6. The molecule has 0 aromatic carbocycles. The van der Waals surface area contributed by atoms with Gasteiger partial charge in [0.15, 0.2) is 8.32 Å². The second-order valence-electron chi connectivity index (χ2n) is 7.54. The van der Waals surface area contributed by atoms with Crippen molar-refractivity contribution in [1.29, 1.82) is 0 Å². The molecule has 21 heavy (non-hydrogen) atoms. The van der Waals surface area contributed by atoms with Gasteiger partial charge in [-0.1, -0.05) is 48.0 Å². The number of rotatable bonds is 7. The minimum absolute atomic E-state index is 0.0264. The van der Waals surface area contributed by atoms with Crippen LogP contribution in [0.5, 0.6) is 0 Å². The first kappa shape index (κ1) is 20.6. The van der Waals surface area contributed by atoms with E-state index in [1.54, 1.807) is 7.05 Å². The highest BCUT2D eigenvalue weighted by molar-refractivity contribution is 6.74. The van der Waals surface area contributed by atoms with Crippen molar-refractivity contribution in [2.75, 3.05) is 14.2 Å². The van der Waals surface area contributed by atoms with E-state index in [9.17, 15) is 4.79 Å². The van der Waals surface area contributed by atoms with Gasteiger partial charge in [0, 0.05) is 7.05 Å². The molecule has 5 heteroatoms. The third-order valence-electron chi connectivity index (χ3n) is 4.91. The largest absolute Gasteiger partial charge is 0.413 e. The van der Waals surface area contributed by atoms with Crippen LogP contribution in [0.1, 0.15) is 48.0 Å². The van der Waals surface area contributed by atoms with Gasteiger partial charge in [-0.3, -0.25) is 9.63 Å². The van der Waals surface area contributed by atoms with Crippen LogP contribution in [0.25, 0.3) is 0 Å². The molecule has 0 aliphatic rings. The van der Waals surface area contributed by atoms with Crippen LogP contribution in [0, 0.1) is 11.8 Å². The van der Waals surface area contributed by atoms with Gasteiger partial charge in [-0.15, -0.1) is 0 Å². The first-order valence-electron chi connectivity index (χ1n) is 7.88. The van der Waals surface area contributed by atoms with Crippen molar-refractivity contribution in [2.45, 2.75) is 72.2 Å². The molecule has 0 radical (unpaired) electrons. The summed E-state index contributed by atoms with van der Waals surface area (Å²) >= 11 is 0. The zero-order chi connectivity index (χ0) is 17.0. The molecule has 4 nitrogen and oxygen atoms in total. The summed E-state index contributed by atoms with van der Waals surface area (Å²) in [5.41, 5.74) is 0. The average molecular weight is 318 g/mol. The molecule has 0 fully saturated rings. The summed E-state index contributed by atoms with van der Waals surface area (Å²) in [6, 6.07) is 0. The van der Waals surface area contributed by atoms with Gasteiger partial charge in [-0.05, 0) is 24.1 Å². The molecule has 0 aromatic rings. The number of hydrogen-bond donors (Lipinski definition) is 0. The van der Waals surface area contributed by atoms with E-state index in [-0.39, 0.29) is 23.0 Å². The van der Waals surface area contributed by atoms with Gasteiger partial charge in [0.25, 0.3) is 5.91 Å². The summed E-state index contributed by atoms with van der Waals surface area (Å²) in [7, 11) is 1.25. The van der Waals surface area contributed by atoms with Gasteiger partial charge in [-0.2, -0.15) is 0 Å². The fourth-order valence-electron chi connectivity index (χ4n) is 1.98. The van der Waals surface area contributed by atoms with Gasteiger partial charge < -0.3 is 4.43 Å². The Bertz CT molecular complexity index is 339. The smallest absolute Gasteiger partial charge is 0.251 e. The zero-order valence-electron chi connectivity index (χ0n) is 15.6. The number of carbonyl (C=O) groups is 1. The lowest BCUT2D eigenvalue weighted by molar-refractivity contribution is -0.176. The third kappa shape index (κ3) is 5.38. The molecule has 0 aliphatic carbocycles. The molecule has 0 bridgehead atoms. The first-order valence-corrected chi connectivity index (χ1v) is 10.8. The lowest BCUT2D eigenvalue weighted by Gasteiger charge is -2.42. The van der Waals surface area contributed by atoms with E-state index in [0.717, 1.165) is 6.42 Å². The van der Waals surface area contributed by atoms with Crippen LogP contribution in [-0.4, -0.2) is 39.5 Å². The van der Waals surface area contributed by atoms with E-state index in [2.05, 4.69) is 47.7 Å². The molecule has 126 valence electrons. The Balaban J connectivity index is 5.28. The van der Waals surface area contributed by atoms with Gasteiger partial charge in [0.1, 0.15) is 0 Å². The topological polar surface area (TPSA) is 38.8 Å². The summed E-state index contributed by atoms with van der Waals surface area (Å²) in [5.74, 6) is 0.101. The number of carbonyl (C=O) groups excluding carboxylic acids is 1. The number of nitrogens with zero attached hydrogens (tertiary/aromatic N) is 1. The highest BCUT2D eigenvalue weighted by Gasteiger charge is 2.42. The van der Waals surface area contributed by atoms with E-state index < -0.39 is 8.32 Å². The van der Waals surface area contributed by atoms with Gasteiger partial charge >= 0.3 is 0 Å². The van der Waals surface area contributed by atoms with Crippen molar-refractivity contribution in [3.8, 4) is 0 Å². The Morgan fingerprint density at radius 2 is 1.71 bits per heavy atom. The van der Waals surface area contributed by atoms with Gasteiger partial charge in [-0.25, -0.2) is 5.06 Å². The van der Waals surface area contributed by atoms with Crippen LogP contribution in [0.4, 0.5) is 0 Å².